The van der Waals surface area contributed by atoms with Crippen molar-refractivity contribution in [1.29, 1.82) is 5.41 Å². The lowest BCUT2D eigenvalue weighted by molar-refractivity contribution is 0.390. The Morgan fingerprint density at radius 2 is 2.22 bits per heavy atom. The predicted molar refractivity (Wildman–Crippen MR) is 65.9 cm³/mol. The Bertz CT molecular complexity index is 577. The van der Waals surface area contributed by atoms with Crippen molar-refractivity contribution < 1.29 is 4.39 Å². The maximum atomic E-state index is 13.1. The van der Waals surface area contributed by atoms with Gasteiger partial charge in [-0.05, 0) is 23.8 Å². The SMILES string of the molecule is N=C1c2cc(F)ccc2CN1CCn1cccn1. The maximum absolute atomic E-state index is 13.1. The molecule has 1 aromatic carbocycles. The highest BCUT2D eigenvalue weighted by atomic mass is 19.1. The highest BCUT2D eigenvalue weighted by molar-refractivity contribution is 6.00. The van der Waals surface area contributed by atoms with E-state index in [9.17, 15) is 4.39 Å². The van der Waals surface area contributed by atoms with Crippen LogP contribution in [-0.4, -0.2) is 27.1 Å². The van der Waals surface area contributed by atoms with Crippen molar-refractivity contribution in [3.63, 3.8) is 0 Å². The number of benzene rings is 1. The molecular weight excluding hydrogens is 231 g/mol. The summed E-state index contributed by atoms with van der Waals surface area (Å²) < 4.78 is 15.0. The van der Waals surface area contributed by atoms with Gasteiger partial charge in [-0.15, -0.1) is 0 Å². The van der Waals surface area contributed by atoms with E-state index in [-0.39, 0.29) is 5.82 Å². The normalized spacial score (nSPS) is 14.1. The van der Waals surface area contributed by atoms with Gasteiger partial charge in [-0.3, -0.25) is 10.1 Å². The molecule has 2 aromatic rings. The van der Waals surface area contributed by atoms with E-state index >= 15 is 0 Å². The van der Waals surface area contributed by atoms with E-state index in [0.29, 0.717) is 24.5 Å². The fourth-order valence-corrected chi connectivity index (χ4v) is 2.21. The molecule has 2 heterocycles. The summed E-state index contributed by atoms with van der Waals surface area (Å²) in [6.45, 7) is 2.11. The minimum atomic E-state index is -0.285. The fourth-order valence-electron chi connectivity index (χ4n) is 2.21. The molecule has 1 aliphatic heterocycles. The first-order valence-electron chi connectivity index (χ1n) is 5.84. The second kappa shape index (κ2) is 4.25. The van der Waals surface area contributed by atoms with Gasteiger partial charge in [0.1, 0.15) is 11.7 Å². The van der Waals surface area contributed by atoms with Crippen molar-refractivity contribution in [2.75, 3.05) is 6.54 Å². The van der Waals surface area contributed by atoms with Crippen molar-refractivity contribution in [3.05, 3.63) is 53.6 Å². The van der Waals surface area contributed by atoms with Crippen molar-refractivity contribution in [2.45, 2.75) is 13.1 Å². The number of hydrogen-bond acceptors (Lipinski definition) is 2. The molecule has 0 atom stereocenters. The molecule has 5 heteroatoms. The van der Waals surface area contributed by atoms with E-state index in [1.807, 2.05) is 21.8 Å². The van der Waals surface area contributed by atoms with E-state index in [0.717, 1.165) is 12.1 Å². The Hall–Kier alpha value is -2.17. The number of amidine groups is 1. The third-order valence-corrected chi connectivity index (χ3v) is 3.16. The first kappa shape index (κ1) is 11.0. The summed E-state index contributed by atoms with van der Waals surface area (Å²) in [5, 5.41) is 12.2. The van der Waals surface area contributed by atoms with Crippen LogP contribution in [0.25, 0.3) is 0 Å². The molecule has 1 aromatic heterocycles. The van der Waals surface area contributed by atoms with Crippen LogP contribution in [0.15, 0.2) is 36.7 Å². The summed E-state index contributed by atoms with van der Waals surface area (Å²) in [5.74, 6) is 0.115. The number of nitrogens with one attached hydrogen (secondary N) is 1. The lowest BCUT2D eigenvalue weighted by Gasteiger charge is -2.17. The zero-order valence-corrected chi connectivity index (χ0v) is 9.81. The van der Waals surface area contributed by atoms with Crippen LogP contribution in [0.1, 0.15) is 11.1 Å². The third-order valence-electron chi connectivity index (χ3n) is 3.16. The summed E-state index contributed by atoms with van der Waals surface area (Å²) >= 11 is 0. The van der Waals surface area contributed by atoms with Gasteiger partial charge in [-0.1, -0.05) is 6.07 Å². The molecular formula is C13H13FN4. The molecule has 0 saturated heterocycles. The molecule has 18 heavy (non-hydrogen) atoms. The Morgan fingerprint density at radius 3 is 3.00 bits per heavy atom. The fraction of sp³-hybridized carbons (Fsp3) is 0.231. The quantitative estimate of drug-likeness (QED) is 0.895. The number of rotatable bonds is 3. The molecule has 0 amide bonds. The monoisotopic (exact) mass is 244 g/mol. The summed E-state index contributed by atoms with van der Waals surface area (Å²) in [5.41, 5.74) is 1.72. The van der Waals surface area contributed by atoms with Gasteiger partial charge in [-0.2, -0.15) is 5.10 Å². The van der Waals surface area contributed by atoms with Gasteiger partial charge in [0.25, 0.3) is 0 Å². The number of halogens is 1. The number of nitrogens with zero attached hydrogens (tertiary/aromatic N) is 3. The van der Waals surface area contributed by atoms with Gasteiger partial charge in [0.15, 0.2) is 0 Å². The zero-order chi connectivity index (χ0) is 12.5. The van der Waals surface area contributed by atoms with Gasteiger partial charge >= 0.3 is 0 Å². The van der Waals surface area contributed by atoms with E-state index in [4.69, 9.17) is 5.41 Å². The van der Waals surface area contributed by atoms with Crippen LogP contribution < -0.4 is 0 Å². The van der Waals surface area contributed by atoms with Gasteiger partial charge in [0.05, 0.1) is 6.54 Å². The van der Waals surface area contributed by atoms with E-state index in [2.05, 4.69) is 5.10 Å². The minimum absolute atomic E-state index is 0.285. The molecule has 0 fully saturated rings. The molecule has 0 unspecified atom stereocenters. The molecule has 92 valence electrons. The Kier molecular flexibility index (Phi) is 2.59. The Morgan fingerprint density at radius 1 is 1.33 bits per heavy atom. The number of aromatic nitrogens is 2. The summed E-state index contributed by atoms with van der Waals surface area (Å²) in [6, 6.07) is 6.52. The largest absolute Gasteiger partial charge is 0.350 e. The summed E-state index contributed by atoms with van der Waals surface area (Å²) in [7, 11) is 0. The summed E-state index contributed by atoms with van der Waals surface area (Å²) in [4.78, 5) is 1.94. The van der Waals surface area contributed by atoms with Crippen molar-refractivity contribution in [1.82, 2.24) is 14.7 Å². The van der Waals surface area contributed by atoms with Gasteiger partial charge in [0, 0.05) is 31.0 Å². The van der Waals surface area contributed by atoms with Gasteiger partial charge in [-0.25, -0.2) is 4.39 Å². The summed E-state index contributed by atoms with van der Waals surface area (Å²) in [6.07, 6.45) is 3.63. The van der Waals surface area contributed by atoms with Crippen molar-refractivity contribution in [3.8, 4) is 0 Å². The number of hydrogen-bond donors (Lipinski definition) is 1. The number of fused-ring (bicyclic) bond motifs is 1. The standard InChI is InChI=1S/C13H13FN4/c14-11-3-2-10-9-17(13(15)12(10)8-11)6-7-18-5-1-4-16-18/h1-5,8,15H,6-7,9H2. The molecule has 0 bridgehead atoms. The second-order valence-corrected chi connectivity index (χ2v) is 4.34. The Balaban J connectivity index is 1.72. The van der Waals surface area contributed by atoms with E-state index in [1.54, 1.807) is 12.3 Å². The zero-order valence-electron chi connectivity index (χ0n) is 9.81. The van der Waals surface area contributed by atoms with Gasteiger partial charge < -0.3 is 4.90 Å². The first-order chi connectivity index (χ1) is 8.74. The average Bonchev–Trinajstić information content (AvgIpc) is 2.97. The smallest absolute Gasteiger partial charge is 0.128 e. The van der Waals surface area contributed by atoms with E-state index < -0.39 is 0 Å². The van der Waals surface area contributed by atoms with Crippen LogP contribution in [0.4, 0.5) is 4.39 Å². The topological polar surface area (TPSA) is 44.9 Å². The molecule has 3 rings (SSSR count). The van der Waals surface area contributed by atoms with Crippen LogP contribution in [-0.2, 0) is 13.1 Å². The lowest BCUT2D eigenvalue weighted by atomic mass is 10.1. The van der Waals surface area contributed by atoms with Crippen LogP contribution in [0.2, 0.25) is 0 Å². The molecule has 0 aliphatic carbocycles. The second-order valence-electron chi connectivity index (χ2n) is 4.34. The third kappa shape index (κ3) is 1.88. The van der Waals surface area contributed by atoms with Crippen molar-refractivity contribution in [2.24, 2.45) is 0 Å². The van der Waals surface area contributed by atoms with Gasteiger partial charge in [0.2, 0.25) is 0 Å². The van der Waals surface area contributed by atoms with Crippen LogP contribution in [0, 0.1) is 11.2 Å². The first-order valence-corrected chi connectivity index (χ1v) is 5.84. The predicted octanol–water partition coefficient (Wildman–Crippen LogP) is 1.86. The van der Waals surface area contributed by atoms with Crippen molar-refractivity contribution >= 4 is 5.84 Å². The molecule has 4 nitrogen and oxygen atoms in total. The molecule has 0 spiro atoms. The average molecular weight is 244 g/mol. The van der Waals surface area contributed by atoms with Crippen LogP contribution >= 0.6 is 0 Å². The van der Waals surface area contributed by atoms with Crippen LogP contribution in [0.5, 0.6) is 0 Å². The minimum Gasteiger partial charge on any atom is -0.350 e. The maximum Gasteiger partial charge on any atom is 0.128 e. The molecule has 1 aliphatic rings. The molecule has 1 N–H and O–H groups in total. The lowest BCUT2D eigenvalue weighted by Crippen LogP contribution is -2.28. The molecule has 0 radical (unpaired) electrons. The highest BCUT2D eigenvalue weighted by Crippen LogP contribution is 2.23. The highest BCUT2D eigenvalue weighted by Gasteiger charge is 2.24. The Labute approximate surface area is 104 Å². The van der Waals surface area contributed by atoms with Crippen LogP contribution in [0.3, 0.4) is 0 Å². The molecule has 0 saturated carbocycles. The van der Waals surface area contributed by atoms with E-state index in [1.165, 1.54) is 12.1 Å².